The zero-order chi connectivity index (χ0) is 15.3. The average molecular weight is 285 g/mol. The molecule has 2 aliphatic carbocycles. The van der Waals surface area contributed by atoms with Crippen molar-refractivity contribution in [1.29, 1.82) is 0 Å². The van der Waals surface area contributed by atoms with E-state index in [9.17, 15) is 9.90 Å². The lowest BCUT2D eigenvalue weighted by atomic mass is 9.70. The van der Waals surface area contributed by atoms with Gasteiger partial charge in [-0.05, 0) is 36.2 Å². The van der Waals surface area contributed by atoms with E-state index in [2.05, 4.69) is 20.8 Å². The van der Waals surface area contributed by atoms with Gasteiger partial charge in [-0.3, -0.25) is 4.99 Å². The monoisotopic (exact) mass is 285 g/mol. The summed E-state index contributed by atoms with van der Waals surface area (Å²) in [6, 6.07) is 8.58. The van der Waals surface area contributed by atoms with Gasteiger partial charge >= 0.3 is 5.97 Å². The normalized spacial score (nSPS) is 33.3. The van der Waals surface area contributed by atoms with Crippen molar-refractivity contribution >= 4 is 11.7 Å². The van der Waals surface area contributed by atoms with Gasteiger partial charge in [-0.1, -0.05) is 51.1 Å². The third kappa shape index (κ3) is 2.02. The Morgan fingerprint density at radius 1 is 1.29 bits per heavy atom. The molecule has 2 saturated carbocycles. The Labute approximate surface area is 126 Å². The van der Waals surface area contributed by atoms with E-state index < -0.39 is 12.0 Å². The second-order valence-electron chi connectivity index (χ2n) is 7.22. The van der Waals surface area contributed by atoms with E-state index in [-0.39, 0.29) is 10.8 Å². The SMILES string of the molecule is CC1(C)[C@@H]2CC[C@@]1(C)C(=N[C@@H](C(=O)O)c1ccccc1)C2. The Morgan fingerprint density at radius 3 is 2.43 bits per heavy atom. The van der Waals surface area contributed by atoms with Crippen molar-refractivity contribution in [2.45, 2.75) is 46.1 Å². The summed E-state index contributed by atoms with van der Waals surface area (Å²) in [5.74, 6) is -0.218. The van der Waals surface area contributed by atoms with Crippen molar-refractivity contribution in [3.63, 3.8) is 0 Å². The molecule has 0 aromatic heterocycles. The van der Waals surface area contributed by atoms with Gasteiger partial charge in [-0.15, -0.1) is 0 Å². The predicted octanol–water partition coefficient (Wildman–Crippen LogP) is 4.10. The topological polar surface area (TPSA) is 49.7 Å². The number of carboxylic acids is 1. The Bertz CT molecular complexity index is 590. The molecule has 1 N–H and O–H groups in total. The number of fused-ring (bicyclic) bond motifs is 2. The van der Waals surface area contributed by atoms with Crippen molar-refractivity contribution in [3.05, 3.63) is 35.9 Å². The number of carboxylic acid groups (broad SMARTS) is 1. The maximum Gasteiger partial charge on any atom is 0.333 e. The van der Waals surface area contributed by atoms with Crippen LogP contribution in [0.3, 0.4) is 0 Å². The molecule has 3 heteroatoms. The Morgan fingerprint density at radius 2 is 1.95 bits per heavy atom. The van der Waals surface area contributed by atoms with Gasteiger partial charge in [0.05, 0.1) is 0 Å². The molecule has 0 radical (unpaired) electrons. The first-order valence-electron chi connectivity index (χ1n) is 7.71. The van der Waals surface area contributed by atoms with Crippen LogP contribution in [0.15, 0.2) is 35.3 Å². The van der Waals surface area contributed by atoms with E-state index in [4.69, 9.17) is 4.99 Å². The maximum absolute atomic E-state index is 11.7. The van der Waals surface area contributed by atoms with Gasteiger partial charge in [0.25, 0.3) is 0 Å². The molecule has 0 spiro atoms. The molecule has 2 bridgehead atoms. The standard InChI is InChI=1S/C18H23NO2/c1-17(2)13-9-10-18(17,3)14(11-13)19-15(16(20)21)12-7-5-4-6-8-12/h4-8,13,15H,9-11H2,1-3H3,(H,20,21)/t13-,15-,18+/m1/s1. The van der Waals surface area contributed by atoms with Gasteiger partial charge < -0.3 is 5.11 Å². The van der Waals surface area contributed by atoms with E-state index in [0.717, 1.165) is 24.1 Å². The van der Waals surface area contributed by atoms with Crippen LogP contribution in [0.2, 0.25) is 0 Å². The molecule has 0 amide bonds. The minimum Gasteiger partial charge on any atom is -0.479 e. The molecule has 1 aromatic rings. The highest BCUT2D eigenvalue weighted by atomic mass is 16.4. The van der Waals surface area contributed by atoms with Crippen LogP contribution in [0.1, 0.15) is 51.6 Å². The highest BCUT2D eigenvalue weighted by molar-refractivity contribution is 5.96. The molecule has 3 nitrogen and oxygen atoms in total. The fourth-order valence-corrected chi connectivity index (χ4v) is 4.19. The van der Waals surface area contributed by atoms with E-state index in [0.29, 0.717) is 5.92 Å². The Balaban J connectivity index is 1.99. The largest absolute Gasteiger partial charge is 0.479 e. The summed E-state index contributed by atoms with van der Waals surface area (Å²) in [4.78, 5) is 16.4. The minimum atomic E-state index is -0.863. The number of aliphatic carboxylic acids is 1. The van der Waals surface area contributed by atoms with Gasteiger partial charge in [0, 0.05) is 11.1 Å². The quantitative estimate of drug-likeness (QED) is 0.909. The second-order valence-corrected chi connectivity index (χ2v) is 7.22. The number of hydrogen-bond acceptors (Lipinski definition) is 2. The molecule has 112 valence electrons. The third-order valence-electron chi connectivity index (χ3n) is 6.15. The maximum atomic E-state index is 11.7. The lowest BCUT2D eigenvalue weighted by Gasteiger charge is -2.35. The van der Waals surface area contributed by atoms with Crippen LogP contribution in [0, 0.1) is 16.7 Å². The first-order valence-corrected chi connectivity index (χ1v) is 7.71. The van der Waals surface area contributed by atoms with Crippen molar-refractivity contribution in [1.82, 2.24) is 0 Å². The molecule has 0 saturated heterocycles. The zero-order valence-electron chi connectivity index (χ0n) is 13.0. The molecule has 1 aromatic carbocycles. The summed E-state index contributed by atoms with van der Waals surface area (Å²) >= 11 is 0. The van der Waals surface area contributed by atoms with E-state index in [1.807, 2.05) is 30.3 Å². The summed E-state index contributed by atoms with van der Waals surface area (Å²) in [5, 5.41) is 9.56. The molecule has 3 rings (SSSR count). The number of hydrogen-bond donors (Lipinski definition) is 1. The van der Waals surface area contributed by atoms with Gasteiger partial charge in [-0.2, -0.15) is 0 Å². The summed E-state index contributed by atoms with van der Waals surface area (Å²) in [5.41, 5.74) is 2.16. The molecule has 0 heterocycles. The van der Waals surface area contributed by atoms with Crippen LogP contribution in [0.25, 0.3) is 0 Å². The van der Waals surface area contributed by atoms with Crippen molar-refractivity contribution in [2.75, 3.05) is 0 Å². The fourth-order valence-electron chi connectivity index (χ4n) is 4.19. The number of rotatable bonds is 3. The molecular formula is C18H23NO2. The van der Waals surface area contributed by atoms with E-state index >= 15 is 0 Å². The zero-order valence-corrected chi connectivity index (χ0v) is 13.0. The van der Waals surface area contributed by atoms with Gasteiger partial charge in [-0.25, -0.2) is 4.79 Å². The van der Waals surface area contributed by atoms with Crippen molar-refractivity contribution in [3.8, 4) is 0 Å². The molecule has 2 aliphatic rings. The predicted molar refractivity (Wildman–Crippen MR) is 83.5 cm³/mol. The molecular weight excluding hydrogens is 262 g/mol. The molecule has 2 fully saturated rings. The Hall–Kier alpha value is -1.64. The van der Waals surface area contributed by atoms with Crippen LogP contribution in [0.5, 0.6) is 0 Å². The van der Waals surface area contributed by atoms with E-state index in [1.165, 1.54) is 6.42 Å². The highest BCUT2D eigenvalue weighted by Gasteiger charge is 2.59. The van der Waals surface area contributed by atoms with Crippen LogP contribution in [0.4, 0.5) is 0 Å². The smallest absolute Gasteiger partial charge is 0.333 e. The average Bonchev–Trinajstić information content (AvgIpc) is 2.78. The number of benzene rings is 1. The Kier molecular flexibility index (Phi) is 3.19. The van der Waals surface area contributed by atoms with Crippen molar-refractivity contribution < 1.29 is 9.90 Å². The van der Waals surface area contributed by atoms with Gasteiger partial charge in [0.1, 0.15) is 0 Å². The molecule has 21 heavy (non-hydrogen) atoms. The fraction of sp³-hybridized carbons (Fsp3) is 0.556. The molecule has 3 atom stereocenters. The summed E-state index contributed by atoms with van der Waals surface area (Å²) in [6.07, 6.45) is 3.33. The first-order chi connectivity index (χ1) is 9.86. The lowest BCUT2D eigenvalue weighted by Crippen LogP contribution is -2.33. The lowest BCUT2D eigenvalue weighted by molar-refractivity contribution is -0.138. The first kappa shape index (κ1) is 14.3. The highest BCUT2D eigenvalue weighted by Crippen LogP contribution is 2.64. The van der Waals surface area contributed by atoms with Gasteiger partial charge in [0.2, 0.25) is 0 Å². The summed E-state index contributed by atoms with van der Waals surface area (Å²) in [6.45, 7) is 6.89. The summed E-state index contributed by atoms with van der Waals surface area (Å²) in [7, 11) is 0. The summed E-state index contributed by atoms with van der Waals surface area (Å²) < 4.78 is 0. The van der Waals surface area contributed by atoms with Crippen LogP contribution < -0.4 is 0 Å². The van der Waals surface area contributed by atoms with Crippen LogP contribution in [-0.4, -0.2) is 16.8 Å². The van der Waals surface area contributed by atoms with Crippen molar-refractivity contribution in [2.24, 2.45) is 21.7 Å². The third-order valence-corrected chi connectivity index (χ3v) is 6.15. The minimum absolute atomic E-state index is 0.0557. The molecule has 0 unspecified atom stereocenters. The second kappa shape index (κ2) is 4.69. The molecule has 0 aliphatic heterocycles. The number of nitrogens with zero attached hydrogens (tertiary/aromatic N) is 1. The number of aliphatic imine (C=N–C) groups is 1. The number of carbonyl (C=O) groups is 1. The van der Waals surface area contributed by atoms with E-state index in [1.54, 1.807) is 0 Å². The van der Waals surface area contributed by atoms with Gasteiger partial charge in [0.15, 0.2) is 6.04 Å². The van der Waals surface area contributed by atoms with Crippen LogP contribution >= 0.6 is 0 Å². The van der Waals surface area contributed by atoms with Crippen LogP contribution in [-0.2, 0) is 4.79 Å².